The van der Waals surface area contributed by atoms with E-state index in [1.54, 1.807) is 13.1 Å². The van der Waals surface area contributed by atoms with Crippen molar-refractivity contribution in [1.82, 2.24) is 9.78 Å². The van der Waals surface area contributed by atoms with Crippen molar-refractivity contribution in [2.75, 3.05) is 11.5 Å². The lowest BCUT2D eigenvalue weighted by Gasteiger charge is -2.07. The third kappa shape index (κ3) is 3.57. The van der Waals surface area contributed by atoms with E-state index in [2.05, 4.69) is 32.7 Å². The molecule has 1 N–H and O–H groups in total. The van der Waals surface area contributed by atoms with Crippen LogP contribution in [0.4, 0.5) is 5.69 Å². The molecule has 0 bridgehead atoms. The Labute approximate surface area is 147 Å². The summed E-state index contributed by atoms with van der Waals surface area (Å²) >= 11 is 2.20. The number of hydrogen-bond donors (Lipinski definition) is 1. The highest BCUT2D eigenvalue weighted by molar-refractivity contribution is 14.1. The molecule has 8 heteroatoms. The number of nitrogens with one attached hydrogen (secondary N) is 1. The zero-order valence-electron chi connectivity index (χ0n) is 12.5. The van der Waals surface area contributed by atoms with Crippen LogP contribution in [0.25, 0.3) is 0 Å². The molecule has 1 aromatic carbocycles. The van der Waals surface area contributed by atoms with E-state index in [0.29, 0.717) is 17.7 Å². The fourth-order valence-corrected chi connectivity index (χ4v) is 4.89. The highest BCUT2D eigenvalue weighted by Gasteiger charge is 2.31. The number of benzene rings is 1. The standard InChI is InChI=1S/C15H16IN3O3S/c1-10-14(8-17-12-4-2-3-11(16)7-12)15(20)19(18-10)13-5-6-23(21,22)9-13/h2-4,7-8,13,18H,5-6,9H2,1H3/t13-/m0/s1. The van der Waals surface area contributed by atoms with Crippen molar-refractivity contribution in [3.8, 4) is 0 Å². The molecule has 0 saturated carbocycles. The fraction of sp³-hybridized carbons (Fsp3) is 0.333. The molecule has 6 nitrogen and oxygen atoms in total. The lowest BCUT2D eigenvalue weighted by atomic mass is 10.2. The summed E-state index contributed by atoms with van der Waals surface area (Å²) in [5.41, 5.74) is 1.70. The fourth-order valence-electron chi connectivity index (χ4n) is 2.67. The van der Waals surface area contributed by atoms with Gasteiger partial charge in [-0.2, -0.15) is 0 Å². The van der Waals surface area contributed by atoms with Gasteiger partial charge in [-0.05, 0) is 54.1 Å². The number of nitrogens with zero attached hydrogens (tertiary/aromatic N) is 2. The van der Waals surface area contributed by atoms with E-state index in [0.717, 1.165) is 9.26 Å². The van der Waals surface area contributed by atoms with Gasteiger partial charge in [-0.25, -0.2) is 13.1 Å². The highest BCUT2D eigenvalue weighted by atomic mass is 127. The first-order chi connectivity index (χ1) is 10.9. The van der Waals surface area contributed by atoms with E-state index < -0.39 is 9.84 Å². The molecular formula is C15H16IN3O3S. The van der Waals surface area contributed by atoms with Gasteiger partial charge in [0.1, 0.15) is 0 Å². The summed E-state index contributed by atoms with van der Waals surface area (Å²) in [5.74, 6) is 0.147. The number of H-pyrrole nitrogens is 1. The number of aliphatic imine (C=N–C) groups is 1. The van der Waals surface area contributed by atoms with Gasteiger partial charge in [-0.3, -0.25) is 14.9 Å². The molecular weight excluding hydrogens is 429 g/mol. The maximum absolute atomic E-state index is 12.5. The average molecular weight is 445 g/mol. The normalized spacial score (nSPS) is 20.3. The van der Waals surface area contributed by atoms with Crippen LogP contribution in [0.3, 0.4) is 0 Å². The topological polar surface area (TPSA) is 84.3 Å². The van der Waals surface area contributed by atoms with Gasteiger partial charge < -0.3 is 0 Å². The molecule has 1 atom stereocenters. The predicted molar refractivity (Wildman–Crippen MR) is 98.5 cm³/mol. The molecule has 2 heterocycles. The molecule has 0 aliphatic carbocycles. The van der Waals surface area contributed by atoms with Crippen molar-refractivity contribution in [3.05, 3.63) is 49.4 Å². The molecule has 2 aromatic rings. The van der Waals surface area contributed by atoms with E-state index in [9.17, 15) is 13.2 Å². The van der Waals surface area contributed by atoms with Gasteiger partial charge in [-0.15, -0.1) is 0 Å². The summed E-state index contributed by atoms with van der Waals surface area (Å²) in [6.07, 6.45) is 2.01. The van der Waals surface area contributed by atoms with Crippen molar-refractivity contribution in [3.63, 3.8) is 0 Å². The van der Waals surface area contributed by atoms with Crippen LogP contribution in [0.15, 0.2) is 34.1 Å². The number of aromatic nitrogens is 2. The van der Waals surface area contributed by atoms with Crippen LogP contribution in [0, 0.1) is 10.5 Å². The first-order valence-corrected chi connectivity index (χ1v) is 10.1. The first kappa shape index (κ1) is 16.4. The number of halogens is 1. The molecule has 0 radical (unpaired) electrons. The highest BCUT2D eigenvalue weighted by Crippen LogP contribution is 2.22. The molecule has 1 aromatic heterocycles. The molecule has 0 spiro atoms. The number of sulfone groups is 1. The Balaban J connectivity index is 1.91. The lowest BCUT2D eigenvalue weighted by Crippen LogP contribution is -2.25. The van der Waals surface area contributed by atoms with Gasteiger partial charge >= 0.3 is 0 Å². The van der Waals surface area contributed by atoms with Crippen LogP contribution in [-0.4, -0.2) is 35.9 Å². The zero-order valence-corrected chi connectivity index (χ0v) is 15.5. The molecule has 122 valence electrons. The maximum atomic E-state index is 12.5. The largest absolute Gasteiger partial charge is 0.299 e. The smallest absolute Gasteiger partial charge is 0.275 e. The Morgan fingerprint density at radius 2 is 2.22 bits per heavy atom. The summed E-state index contributed by atoms with van der Waals surface area (Å²) < 4.78 is 25.7. The van der Waals surface area contributed by atoms with Crippen LogP contribution < -0.4 is 5.56 Å². The van der Waals surface area contributed by atoms with Gasteiger partial charge in [-0.1, -0.05) is 6.07 Å². The SMILES string of the molecule is Cc1[nH]n([C@H]2CCS(=O)(=O)C2)c(=O)c1C=Nc1cccc(I)c1. The minimum Gasteiger partial charge on any atom is -0.299 e. The number of aromatic amines is 1. The van der Waals surface area contributed by atoms with Crippen molar-refractivity contribution in [1.29, 1.82) is 0 Å². The summed E-state index contributed by atoms with van der Waals surface area (Å²) in [7, 11) is -3.04. The molecule has 23 heavy (non-hydrogen) atoms. The van der Waals surface area contributed by atoms with Crippen molar-refractivity contribution >= 4 is 44.3 Å². The quantitative estimate of drug-likeness (QED) is 0.581. The second-order valence-corrected chi connectivity index (χ2v) is 9.09. The van der Waals surface area contributed by atoms with E-state index in [-0.39, 0.29) is 23.1 Å². The second-order valence-electron chi connectivity index (χ2n) is 5.62. The van der Waals surface area contributed by atoms with E-state index in [4.69, 9.17) is 0 Å². The van der Waals surface area contributed by atoms with Gasteiger partial charge in [0.05, 0.1) is 28.8 Å². The molecule has 1 aliphatic rings. The van der Waals surface area contributed by atoms with Gasteiger partial charge in [0.2, 0.25) is 0 Å². The van der Waals surface area contributed by atoms with E-state index in [1.807, 2.05) is 24.3 Å². The second kappa shape index (κ2) is 6.23. The number of aryl methyl sites for hydroxylation is 1. The summed E-state index contributed by atoms with van der Waals surface area (Å²) in [5, 5.41) is 2.99. The predicted octanol–water partition coefficient (Wildman–Crippen LogP) is 2.20. The Morgan fingerprint density at radius 3 is 2.87 bits per heavy atom. The van der Waals surface area contributed by atoms with Crippen LogP contribution in [0.2, 0.25) is 0 Å². The Morgan fingerprint density at radius 1 is 1.43 bits per heavy atom. The third-order valence-corrected chi connectivity index (χ3v) is 6.29. The van der Waals surface area contributed by atoms with E-state index in [1.165, 1.54) is 4.68 Å². The van der Waals surface area contributed by atoms with Crippen LogP contribution in [0.5, 0.6) is 0 Å². The first-order valence-electron chi connectivity index (χ1n) is 7.17. The average Bonchev–Trinajstić information content (AvgIpc) is 2.97. The van der Waals surface area contributed by atoms with Crippen molar-refractivity contribution < 1.29 is 8.42 Å². The summed E-state index contributed by atoms with van der Waals surface area (Å²) in [6.45, 7) is 1.79. The minimum atomic E-state index is -3.04. The van der Waals surface area contributed by atoms with Crippen LogP contribution in [0.1, 0.15) is 23.7 Å². The van der Waals surface area contributed by atoms with Crippen molar-refractivity contribution in [2.45, 2.75) is 19.4 Å². The summed E-state index contributed by atoms with van der Waals surface area (Å²) in [4.78, 5) is 16.9. The van der Waals surface area contributed by atoms with Gasteiger partial charge in [0.25, 0.3) is 5.56 Å². The molecule has 0 amide bonds. The number of hydrogen-bond acceptors (Lipinski definition) is 4. The van der Waals surface area contributed by atoms with Gasteiger partial charge in [0, 0.05) is 15.5 Å². The Hall–Kier alpha value is -1.42. The Bertz CT molecular complexity index is 928. The third-order valence-electron chi connectivity index (χ3n) is 3.87. The van der Waals surface area contributed by atoms with Crippen LogP contribution >= 0.6 is 22.6 Å². The number of rotatable bonds is 3. The van der Waals surface area contributed by atoms with Crippen LogP contribution in [-0.2, 0) is 9.84 Å². The van der Waals surface area contributed by atoms with Crippen molar-refractivity contribution in [2.24, 2.45) is 4.99 Å². The lowest BCUT2D eigenvalue weighted by molar-refractivity contribution is 0.483. The molecule has 1 fully saturated rings. The minimum absolute atomic E-state index is 0.0142. The zero-order chi connectivity index (χ0) is 16.6. The monoisotopic (exact) mass is 445 g/mol. The molecule has 1 saturated heterocycles. The van der Waals surface area contributed by atoms with Gasteiger partial charge in [0.15, 0.2) is 9.84 Å². The molecule has 3 rings (SSSR count). The Kier molecular flexibility index (Phi) is 4.45. The summed E-state index contributed by atoms with van der Waals surface area (Å²) in [6, 6.07) is 7.34. The molecule has 1 aliphatic heterocycles. The maximum Gasteiger partial charge on any atom is 0.275 e. The van der Waals surface area contributed by atoms with E-state index >= 15 is 0 Å². The molecule has 0 unspecified atom stereocenters.